The van der Waals surface area contributed by atoms with Gasteiger partial charge in [0.1, 0.15) is 4.83 Å². The number of carbonyl (C=O) groups excluding carboxylic acids is 1. The Morgan fingerprint density at radius 3 is 2.72 bits per heavy atom. The molecule has 0 aliphatic heterocycles. The van der Waals surface area contributed by atoms with Crippen LogP contribution in [-0.4, -0.2) is 29.0 Å². The molecule has 4 aromatic rings. The largest absolute Gasteiger partial charge is 0.351 e. The lowest BCUT2D eigenvalue weighted by atomic mass is 9.71. The summed E-state index contributed by atoms with van der Waals surface area (Å²) in [6.45, 7) is 14.5. The number of allylic oxidation sites excluding steroid dienone is 4. The van der Waals surface area contributed by atoms with Crippen molar-refractivity contribution in [1.29, 1.82) is 0 Å². The normalized spacial score (nSPS) is 15.4. The van der Waals surface area contributed by atoms with Crippen LogP contribution in [0.2, 0.25) is 0 Å². The topological polar surface area (TPSA) is 80.9 Å². The molecule has 228 valence electrons. The third kappa shape index (κ3) is 8.39. The summed E-state index contributed by atoms with van der Waals surface area (Å²) >= 11 is 1.49. The molecule has 3 heterocycles. The van der Waals surface area contributed by atoms with E-state index in [0.29, 0.717) is 24.4 Å². The highest BCUT2D eigenvalue weighted by Gasteiger charge is 2.29. The number of amides is 1. The van der Waals surface area contributed by atoms with Crippen molar-refractivity contribution in [1.82, 2.24) is 15.3 Å². The number of aryl methyl sites for hydroxylation is 2. The van der Waals surface area contributed by atoms with Gasteiger partial charge in [-0.2, -0.15) is 0 Å². The van der Waals surface area contributed by atoms with Gasteiger partial charge < -0.3 is 11.1 Å². The molecule has 1 aliphatic rings. The van der Waals surface area contributed by atoms with Crippen LogP contribution in [0.3, 0.4) is 0 Å². The maximum Gasteiger partial charge on any atom is 0.261 e. The molecule has 0 spiro atoms. The fraction of sp³-hybridized carbons (Fsp3) is 0.432. The number of nitrogens with two attached hydrogens (primary N) is 1. The smallest absolute Gasteiger partial charge is 0.261 e. The Kier molecular flexibility index (Phi) is 11.3. The summed E-state index contributed by atoms with van der Waals surface area (Å²) in [6, 6.07) is 12.9. The maximum atomic E-state index is 12.2. The number of rotatable bonds is 8. The number of para-hydroxylation sites is 1. The van der Waals surface area contributed by atoms with E-state index in [1.54, 1.807) is 0 Å². The van der Waals surface area contributed by atoms with Crippen LogP contribution in [0.5, 0.6) is 0 Å². The first kappa shape index (κ1) is 32.6. The highest BCUT2D eigenvalue weighted by Crippen LogP contribution is 2.38. The number of nitrogens with zero attached hydrogens (tertiary/aromatic N) is 2. The van der Waals surface area contributed by atoms with Crippen molar-refractivity contribution in [2.24, 2.45) is 17.1 Å². The fourth-order valence-electron chi connectivity index (χ4n) is 5.69. The molecule has 0 saturated heterocycles. The molecule has 43 heavy (non-hydrogen) atoms. The van der Waals surface area contributed by atoms with Gasteiger partial charge in [0, 0.05) is 34.8 Å². The first-order chi connectivity index (χ1) is 20.6. The Bertz CT molecular complexity index is 1610. The second kappa shape index (κ2) is 14.9. The minimum Gasteiger partial charge on any atom is -0.351 e. The molecular formula is C37H48N4OS. The Balaban J connectivity index is 0.000000203. The average molecular weight is 597 g/mol. The summed E-state index contributed by atoms with van der Waals surface area (Å²) in [7, 11) is 0. The van der Waals surface area contributed by atoms with Crippen molar-refractivity contribution in [3.05, 3.63) is 88.1 Å². The van der Waals surface area contributed by atoms with E-state index in [0.717, 1.165) is 52.7 Å². The van der Waals surface area contributed by atoms with E-state index < -0.39 is 0 Å². The second-order valence-electron chi connectivity index (χ2n) is 12.6. The summed E-state index contributed by atoms with van der Waals surface area (Å²) in [5, 5.41) is 5.24. The molecule has 1 unspecified atom stereocenters. The van der Waals surface area contributed by atoms with E-state index in [1.807, 2.05) is 12.3 Å². The third-order valence-electron chi connectivity index (χ3n) is 8.21. The summed E-state index contributed by atoms with van der Waals surface area (Å²) in [5.74, 6) is 0.680. The molecule has 1 aliphatic carbocycles. The molecule has 3 aromatic heterocycles. The molecule has 0 saturated carbocycles. The van der Waals surface area contributed by atoms with Crippen molar-refractivity contribution in [3.8, 4) is 0 Å². The predicted molar refractivity (Wildman–Crippen MR) is 185 cm³/mol. The number of hydrogen-bond donors (Lipinski definition) is 2. The highest BCUT2D eigenvalue weighted by atomic mass is 32.1. The van der Waals surface area contributed by atoms with E-state index >= 15 is 0 Å². The van der Waals surface area contributed by atoms with Gasteiger partial charge in [-0.25, -0.2) is 4.98 Å². The lowest BCUT2D eigenvalue weighted by Gasteiger charge is -2.34. The van der Waals surface area contributed by atoms with Crippen molar-refractivity contribution < 1.29 is 4.79 Å². The summed E-state index contributed by atoms with van der Waals surface area (Å²) < 4.78 is 0. The summed E-state index contributed by atoms with van der Waals surface area (Å²) in [4.78, 5) is 23.4. The molecule has 0 fully saturated rings. The van der Waals surface area contributed by atoms with Crippen LogP contribution in [0.25, 0.3) is 26.7 Å². The monoisotopic (exact) mass is 596 g/mol. The van der Waals surface area contributed by atoms with Crippen molar-refractivity contribution >= 4 is 43.9 Å². The van der Waals surface area contributed by atoms with Crippen LogP contribution in [0.1, 0.15) is 92.4 Å². The fourth-order valence-corrected chi connectivity index (χ4v) is 6.64. The second-order valence-corrected chi connectivity index (χ2v) is 13.6. The van der Waals surface area contributed by atoms with Crippen LogP contribution in [-0.2, 0) is 12.8 Å². The first-order valence-electron chi connectivity index (χ1n) is 15.7. The molecule has 1 atom stereocenters. The van der Waals surface area contributed by atoms with Gasteiger partial charge in [-0.05, 0) is 105 Å². The number of thiophene rings is 1. The molecular weight excluding hydrogens is 549 g/mol. The molecule has 5 nitrogen and oxygen atoms in total. The van der Waals surface area contributed by atoms with Crippen LogP contribution >= 0.6 is 11.3 Å². The zero-order valence-electron chi connectivity index (χ0n) is 26.8. The quantitative estimate of drug-likeness (QED) is 0.157. The minimum absolute atomic E-state index is 0.0167. The average Bonchev–Trinajstić information content (AvgIpc) is 3.40. The van der Waals surface area contributed by atoms with E-state index in [4.69, 9.17) is 10.7 Å². The number of aromatic nitrogens is 2. The van der Waals surface area contributed by atoms with Gasteiger partial charge in [-0.1, -0.05) is 64.1 Å². The number of pyridine rings is 2. The van der Waals surface area contributed by atoms with Crippen molar-refractivity contribution in [2.45, 2.75) is 80.1 Å². The van der Waals surface area contributed by atoms with Gasteiger partial charge in [0.25, 0.3) is 5.91 Å². The van der Waals surface area contributed by atoms with Gasteiger partial charge in [0.15, 0.2) is 0 Å². The van der Waals surface area contributed by atoms with Crippen LogP contribution in [0, 0.1) is 18.3 Å². The van der Waals surface area contributed by atoms with E-state index in [9.17, 15) is 4.79 Å². The zero-order valence-corrected chi connectivity index (χ0v) is 27.6. The Labute approximate surface area is 261 Å². The molecule has 1 amide bonds. The predicted octanol–water partition coefficient (Wildman–Crippen LogP) is 8.83. The highest BCUT2D eigenvalue weighted by molar-refractivity contribution is 7.20. The molecule has 3 N–H and O–H groups in total. The first-order valence-corrected chi connectivity index (χ1v) is 16.5. The Hall–Kier alpha value is -3.35. The van der Waals surface area contributed by atoms with Crippen LogP contribution in [0.15, 0.2) is 60.8 Å². The molecule has 1 aromatic carbocycles. The number of carbonyl (C=O) groups is 1. The number of fused-ring (bicyclic) bond motifs is 3. The van der Waals surface area contributed by atoms with Gasteiger partial charge in [-0.3, -0.25) is 9.78 Å². The van der Waals surface area contributed by atoms with Crippen LogP contribution < -0.4 is 11.1 Å². The molecule has 0 bridgehead atoms. The van der Waals surface area contributed by atoms with E-state index in [1.165, 1.54) is 51.1 Å². The number of benzene rings is 1. The van der Waals surface area contributed by atoms with Gasteiger partial charge in [0.2, 0.25) is 0 Å². The summed E-state index contributed by atoms with van der Waals surface area (Å²) in [6.07, 6.45) is 14.7. The van der Waals surface area contributed by atoms with Crippen LogP contribution in [0.4, 0.5) is 0 Å². The SMILES string of the molecule is C/C=C\C/C(=C\CC)c1cccc2cc(C)cnc12.CC(C)(C)C1CCc2nc3sc(C(=O)NCCCN)cc3cc2C1. The van der Waals surface area contributed by atoms with Crippen molar-refractivity contribution in [2.75, 3.05) is 13.1 Å². The lowest BCUT2D eigenvalue weighted by molar-refractivity contribution is 0.0957. The van der Waals surface area contributed by atoms with Gasteiger partial charge in [-0.15, -0.1) is 11.3 Å². The molecule has 5 rings (SSSR count). The third-order valence-corrected chi connectivity index (χ3v) is 9.25. The minimum atomic E-state index is -0.0167. The number of hydrogen-bond acceptors (Lipinski definition) is 5. The Morgan fingerprint density at radius 1 is 1.19 bits per heavy atom. The maximum absolute atomic E-state index is 12.2. The van der Waals surface area contributed by atoms with Crippen molar-refractivity contribution in [3.63, 3.8) is 0 Å². The van der Waals surface area contributed by atoms with Gasteiger partial charge in [0.05, 0.1) is 10.4 Å². The lowest BCUT2D eigenvalue weighted by Crippen LogP contribution is -2.27. The zero-order chi connectivity index (χ0) is 31.0. The van der Waals surface area contributed by atoms with E-state index in [2.05, 4.69) is 100 Å². The molecule has 6 heteroatoms. The number of nitrogens with one attached hydrogen (secondary N) is 1. The molecule has 0 radical (unpaired) electrons. The van der Waals surface area contributed by atoms with Gasteiger partial charge >= 0.3 is 0 Å². The standard InChI is InChI=1S/C19H27N3OS.C18H21N/c1-19(2,3)14-5-6-15-12(10-14)9-13-11-16(24-18(13)22-15)17(23)21-8-4-7-20;1-4-6-9-15(8-5-2)17-11-7-10-16-12-14(3)13-19-18(16)17/h9,11,14H,4-8,10,20H2,1-3H3,(H,21,23);4,6-8,10-13H,5,9H2,1-3H3/b;6-4-,15-8+. The van der Waals surface area contributed by atoms with E-state index in [-0.39, 0.29) is 5.91 Å². The summed E-state index contributed by atoms with van der Waals surface area (Å²) in [5.41, 5.74) is 13.3. The Morgan fingerprint density at radius 2 is 2.00 bits per heavy atom.